The molecule has 0 spiro atoms. The van der Waals surface area contributed by atoms with Crippen LogP contribution in [0.4, 0.5) is 0 Å². The van der Waals surface area contributed by atoms with Crippen LogP contribution >= 0.6 is 11.3 Å². The molecule has 0 aliphatic heterocycles. The van der Waals surface area contributed by atoms with Gasteiger partial charge in [0, 0.05) is 0 Å². The zero-order valence-electron chi connectivity index (χ0n) is 8.99. The Labute approximate surface area is 94.3 Å². The number of thiophene rings is 1. The summed E-state index contributed by atoms with van der Waals surface area (Å²) in [5.41, 5.74) is 1.22. The summed E-state index contributed by atoms with van der Waals surface area (Å²) in [5.74, 6) is 0.449. The van der Waals surface area contributed by atoms with Crippen molar-refractivity contribution in [2.75, 3.05) is 6.61 Å². The van der Waals surface area contributed by atoms with Crippen molar-refractivity contribution in [2.45, 2.75) is 38.5 Å². The number of carbonyl (C=O) groups excluding carboxylic acids is 1. The van der Waals surface area contributed by atoms with E-state index in [4.69, 9.17) is 4.74 Å². The van der Waals surface area contributed by atoms with Crippen molar-refractivity contribution in [3.63, 3.8) is 0 Å². The van der Waals surface area contributed by atoms with Crippen LogP contribution in [0.3, 0.4) is 0 Å². The van der Waals surface area contributed by atoms with E-state index in [9.17, 15) is 4.79 Å². The van der Waals surface area contributed by atoms with Gasteiger partial charge in [0.25, 0.3) is 0 Å². The van der Waals surface area contributed by atoms with Gasteiger partial charge in [0.2, 0.25) is 0 Å². The van der Waals surface area contributed by atoms with Crippen LogP contribution in [0.25, 0.3) is 0 Å². The largest absolute Gasteiger partial charge is 0.462 e. The van der Waals surface area contributed by atoms with Gasteiger partial charge in [-0.3, -0.25) is 0 Å². The molecular formula is C12H16O2S. The van der Waals surface area contributed by atoms with E-state index in [1.54, 1.807) is 0 Å². The second-order valence-corrected chi connectivity index (χ2v) is 4.82. The van der Waals surface area contributed by atoms with Gasteiger partial charge in [0.05, 0.1) is 6.61 Å². The SMILES string of the molecule is CCOC(=O)c1sccc1C1CCCC1. The van der Waals surface area contributed by atoms with Crippen molar-refractivity contribution in [3.8, 4) is 0 Å². The molecule has 15 heavy (non-hydrogen) atoms. The van der Waals surface area contributed by atoms with Gasteiger partial charge in [0.15, 0.2) is 0 Å². The van der Waals surface area contributed by atoms with Gasteiger partial charge in [-0.15, -0.1) is 11.3 Å². The molecule has 2 nitrogen and oxygen atoms in total. The van der Waals surface area contributed by atoms with Gasteiger partial charge in [-0.25, -0.2) is 4.79 Å². The first-order valence-electron chi connectivity index (χ1n) is 5.57. The predicted octanol–water partition coefficient (Wildman–Crippen LogP) is 3.58. The summed E-state index contributed by atoms with van der Waals surface area (Å²) >= 11 is 1.51. The van der Waals surface area contributed by atoms with Crippen LogP contribution in [0.15, 0.2) is 11.4 Å². The number of hydrogen-bond donors (Lipinski definition) is 0. The van der Waals surface area contributed by atoms with E-state index in [1.165, 1.54) is 42.6 Å². The maximum atomic E-state index is 11.7. The lowest BCUT2D eigenvalue weighted by Gasteiger charge is -2.09. The van der Waals surface area contributed by atoms with Crippen molar-refractivity contribution in [1.29, 1.82) is 0 Å². The van der Waals surface area contributed by atoms with E-state index in [2.05, 4.69) is 6.07 Å². The van der Waals surface area contributed by atoms with E-state index in [0.29, 0.717) is 12.5 Å². The molecule has 0 aromatic carbocycles. The lowest BCUT2D eigenvalue weighted by Crippen LogP contribution is -2.06. The molecule has 2 rings (SSSR count). The van der Waals surface area contributed by atoms with E-state index >= 15 is 0 Å². The van der Waals surface area contributed by atoms with Crippen molar-refractivity contribution in [2.24, 2.45) is 0 Å². The highest BCUT2D eigenvalue weighted by Gasteiger charge is 2.24. The highest BCUT2D eigenvalue weighted by molar-refractivity contribution is 7.12. The van der Waals surface area contributed by atoms with Crippen LogP contribution in [-0.2, 0) is 4.74 Å². The summed E-state index contributed by atoms with van der Waals surface area (Å²) in [5, 5.41) is 2.00. The molecule has 0 unspecified atom stereocenters. The molecule has 1 aliphatic carbocycles. The van der Waals surface area contributed by atoms with Gasteiger partial charge >= 0.3 is 5.97 Å². The zero-order chi connectivity index (χ0) is 10.7. The molecule has 3 heteroatoms. The van der Waals surface area contributed by atoms with Gasteiger partial charge in [-0.2, -0.15) is 0 Å². The summed E-state index contributed by atoms with van der Waals surface area (Å²) in [4.78, 5) is 12.5. The minimum Gasteiger partial charge on any atom is -0.462 e. The summed E-state index contributed by atoms with van der Waals surface area (Å²) in [7, 11) is 0. The van der Waals surface area contributed by atoms with E-state index < -0.39 is 0 Å². The Morgan fingerprint density at radius 2 is 2.27 bits per heavy atom. The Hall–Kier alpha value is -0.830. The smallest absolute Gasteiger partial charge is 0.348 e. The Morgan fingerprint density at radius 1 is 1.53 bits per heavy atom. The molecule has 1 heterocycles. The maximum Gasteiger partial charge on any atom is 0.348 e. The van der Waals surface area contributed by atoms with Crippen LogP contribution < -0.4 is 0 Å². The first kappa shape index (κ1) is 10.7. The lowest BCUT2D eigenvalue weighted by atomic mass is 9.98. The van der Waals surface area contributed by atoms with Crippen LogP contribution in [-0.4, -0.2) is 12.6 Å². The highest BCUT2D eigenvalue weighted by Crippen LogP contribution is 2.37. The van der Waals surface area contributed by atoms with Gasteiger partial charge in [-0.1, -0.05) is 12.8 Å². The fourth-order valence-electron chi connectivity index (χ4n) is 2.24. The second kappa shape index (κ2) is 4.79. The standard InChI is InChI=1S/C12H16O2S/c1-2-14-12(13)11-10(7-8-15-11)9-5-3-4-6-9/h7-9H,2-6H2,1H3. The van der Waals surface area contributed by atoms with Crippen molar-refractivity contribution < 1.29 is 9.53 Å². The molecule has 1 fully saturated rings. The molecule has 0 radical (unpaired) electrons. The summed E-state index contributed by atoms with van der Waals surface area (Å²) < 4.78 is 5.06. The van der Waals surface area contributed by atoms with Gasteiger partial charge < -0.3 is 4.74 Å². The van der Waals surface area contributed by atoms with Crippen LogP contribution in [0.5, 0.6) is 0 Å². The molecule has 82 valence electrons. The van der Waals surface area contributed by atoms with Gasteiger partial charge in [0.1, 0.15) is 4.88 Å². The third-order valence-electron chi connectivity index (χ3n) is 2.95. The second-order valence-electron chi connectivity index (χ2n) is 3.91. The predicted molar refractivity (Wildman–Crippen MR) is 61.5 cm³/mol. The number of hydrogen-bond acceptors (Lipinski definition) is 3. The Balaban J connectivity index is 2.17. The molecule has 1 aliphatic rings. The van der Waals surface area contributed by atoms with E-state index in [-0.39, 0.29) is 5.97 Å². The molecule has 1 saturated carbocycles. The number of esters is 1. The van der Waals surface area contributed by atoms with Crippen LogP contribution in [0.1, 0.15) is 53.8 Å². The third kappa shape index (κ3) is 2.23. The minimum atomic E-state index is -0.144. The fraction of sp³-hybridized carbons (Fsp3) is 0.583. The summed E-state index contributed by atoms with van der Waals surface area (Å²) in [6, 6.07) is 2.09. The number of ether oxygens (including phenoxy) is 1. The van der Waals surface area contributed by atoms with E-state index in [0.717, 1.165) is 4.88 Å². The summed E-state index contributed by atoms with van der Waals surface area (Å²) in [6.45, 7) is 2.31. The summed E-state index contributed by atoms with van der Waals surface area (Å²) in [6.07, 6.45) is 5.04. The maximum absolute atomic E-state index is 11.7. The van der Waals surface area contributed by atoms with Crippen molar-refractivity contribution in [3.05, 3.63) is 21.9 Å². The molecule has 0 bridgehead atoms. The minimum absolute atomic E-state index is 0.144. The molecule has 0 saturated heterocycles. The molecule has 1 aromatic heterocycles. The average Bonchev–Trinajstić information content (AvgIpc) is 2.88. The molecule has 0 N–H and O–H groups in total. The van der Waals surface area contributed by atoms with Crippen molar-refractivity contribution in [1.82, 2.24) is 0 Å². The van der Waals surface area contributed by atoms with Crippen LogP contribution in [0, 0.1) is 0 Å². The number of rotatable bonds is 3. The Bertz CT molecular complexity index is 337. The van der Waals surface area contributed by atoms with Crippen molar-refractivity contribution >= 4 is 17.3 Å². The Morgan fingerprint density at radius 3 is 2.93 bits per heavy atom. The molecule has 0 amide bonds. The van der Waals surface area contributed by atoms with Gasteiger partial charge in [-0.05, 0) is 42.7 Å². The fourth-order valence-corrected chi connectivity index (χ4v) is 3.12. The van der Waals surface area contributed by atoms with E-state index in [1.807, 2.05) is 12.3 Å². The lowest BCUT2D eigenvalue weighted by molar-refractivity contribution is 0.0530. The normalized spacial score (nSPS) is 16.9. The quantitative estimate of drug-likeness (QED) is 0.733. The highest BCUT2D eigenvalue weighted by atomic mass is 32.1. The average molecular weight is 224 g/mol. The Kier molecular flexibility index (Phi) is 3.41. The molecular weight excluding hydrogens is 208 g/mol. The third-order valence-corrected chi connectivity index (χ3v) is 3.86. The zero-order valence-corrected chi connectivity index (χ0v) is 9.81. The van der Waals surface area contributed by atoms with Crippen LogP contribution in [0.2, 0.25) is 0 Å². The topological polar surface area (TPSA) is 26.3 Å². The first-order chi connectivity index (χ1) is 7.33. The first-order valence-corrected chi connectivity index (χ1v) is 6.45. The molecule has 1 aromatic rings. The number of carbonyl (C=O) groups is 1. The monoisotopic (exact) mass is 224 g/mol. The molecule has 0 atom stereocenters.